The lowest BCUT2D eigenvalue weighted by Gasteiger charge is -2.33. The van der Waals surface area contributed by atoms with Gasteiger partial charge in [0, 0.05) is 26.2 Å². The first kappa shape index (κ1) is 17.1. The summed E-state index contributed by atoms with van der Waals surface area (Å²) in [7, 11) is 0. The molecule has 138 valence electrons. The molecule has 7 nitrogen and oxygen atoms in total. The van der Waals surface area contributed by atoms with Crippen molar-refractivity contribution in [3.8, 4) is 11.4 Å². The Morgan fingerprint density at radius 2 is 1.88 bits per heavy atom. The summed E-state index contributed by atoms with van der Waals surface area (Å²) in [5, 5.41) is 15.3. The van der Waals surface area contributed by atoms with E-state index in [4.69, 9.17) is 4.74 Å². The Labute approximate surface area is 152 Å². The number of hydroxylamine groups is 2. The van der Waals surface area contributed by atoms with Crippen LogP contribution in [0.1, 0.15) is 13.3 Å². The van der Waals surface area contributed by atoms with Crippen LogP contribution in [-0.2, 0) is 0 Å². The Hall–Kier alpha value is -2.38. The summed E-state index contributed by atoms with van der Waals surface area (Å²) in [4.78, 5) is 15.2. The summed E-state index contributed by atoms with van der Waals surface area (Å²) in [5.74, 6) is 1.54. The maximum Gasteiger partial charge on any atom is 0.316 e. The number of para-hydroxylation sites is 1. The van der Waals surface area contributed by atoms with Crippen LogP contribution >= 0.6 is 0 Å². The molecule has 0 spiro atoms. The molecule has 0 bridgehead atoms. The molecular formula is C19H24N4O3. The van der Waals surface area contributed by atoms with E-state index in [-0.39, 0.29) is 5.56 Å². The molecule has 7 heteroatoms. The van der Waals surface area contributed by atoms with Crippen molar-refractivity contribution in [3.63, 3.8) is 0 Å². The van der Waals surface area contributed by atoms with Gasteiger partial charge in [0.15, 0.2) is 0 Å². The second kappa shape index (κ2) is 7.09. The highest BCUT2D eigenvalue weighted by Gasteiger charge is 2.34. The SMILES string of the molecule is CC1CC1COc1c(N2CCN(O)CC2)cnn(-c2ccccc2)c1=O. The lowest BCUT2D eigenvalue weighted by Crippen LogP contribution is -2.45. The quantitative estimate of drug-likeness (QED) is 0.881. The molecule has 2 aliphatic rings. The number of anilines is 1. The Bertz CT molecular complexity index is 815. The average Bonchev–Trinajstić information content (AvgIpc) is 3.37. The van der Waals surface area contributed by atoms with Crippen molar-refractivity contribution in [3.05, 3.63) is 46.9 Å². The Kier molecular flexibility index (Phi) is 4.65. The van der Waals surface area contributed by atoms with Crippen molar-refractivity contribution in [1.29, 1.82) is 0 Å². The largest absolute Gasteiger partial charge is 0.486 e. The van der Waals surface area contributed by atoms with E-state index >= 15 is 0 Å². The monoisotopic (exact) mass is 356 g/mol. The summed E-state index contributed by atoms with van der Waals surface area (Å²) in [6, 6.07) is 9.37. The van der Waals surface area contributed by atoms with Crippen molar-refractivity contribution in [2.75, 3.05) is 37.7 Å². The topological polar surface area (TPSA) is 70.8 Å². The zero-order valence-electron chi connectivity index (χ0n) is 14.9. The predicted molar refractivity (Wildman–Crippen MR) is 98.2 cm³/mol. The van der Waals surface area contributed by atoms with Crippen LogP contribution in [0, 0.1) is 11.8 Å². The van der Waals surface area contributed by atoms with Crippen LogP contribution < -0.4 is 15.2 Å². The van der Waals surface area contributed by atoms with E-state index in [0.29, 0.717) is 61.7 Å². The molecule has 2 fully saturated rings. The molecule has 1 saturated carbocycles. The molecule has 1 aromatic carbocycles. The molecule has 1 aliphatic heterocycles. The van der Waals surface area contributed by atoms with Gasteiger partial charge in [0.05, 0.1) is 18.5 Å². The second-order valence-corrected chi connectivity index (χ2v) is 7.14. The van der Waals surface area contributed by atoms with Gasteiger partial charge in [-0.3, -0.25) is 4.79 Å². The first-order valence-corrected chi connectivity index (χ1v) is 9.13. The van der Waals surface area contributed by atoms with E-state index in [2.05, 4.69) is 16.9 Å². The fraction of sp³-hybridized carbons (Fsp3) is 0.474. The standard InChI is InChI=1S/C19H24N4O3/c1-14-11-15(14)13-26-18-17(21-7-9-22(25)10-8-21)12-20-23(19(18)24)16-5-3-2-4-6-16/h2-6,12,14-15,25H,7-11,13H2,1H3. The minimum absolute atomic E-state index is 0.242. The molecule has 2 aromatic rings. The highest BCUT2D eigenvalue weighted by Crippen LogP contribution is 2.38. The number of hydrogen-bond acceptors (Lipinski definition) is 6. The molecule has 0 radical (unpaired) electrons. The molecule has 1 aromatic heterocycles. The molecule has 4 rings (SSSR count). The van der Waals surface area contributed by atoms with Gasteiger partial charge >= 0.3 is 5.56 Å². The lowest BCUT2D eigenvalue weighted by molar-refractivity contribution is -0.0936. The van der Waals surface area contributed by atoms with Gasteiger partial charge in [-0.05, 0) is 30.4 Å². The van der Waals surface area contributed by atoms with Crippen LogP contribution in [0.3, 0.4) is 0 Å². The minimum atomic E-state index is -0.242. The third-order valence-electron chi connectivity index (χ3n) is 5.23. The number of nitrogens with zero attached hydrogens (tertiary/aromatic N) is 4. The van der Waals surface area contributed by atoms with Gasteiger partial charge in [-0.2, -0.15) is 14.8 Å². The molecule has 1 N–H and O–H groups in total. The van der Waals surface area contributed by atoms with Gasteiger partial charge in [-0.15, -0.1) is 0 Å². The zero-order valence-corrected chi connectivity index (χ0v) is 14.9. The van der Waals surface area contributed by atoms with Crippen LogP contribution in [0.15, 0.2) is 41.3 Å². The summed E-state index contributed by atoms with van der Waals surface area (Å²) in [6.45, 7) is 5.07. The zero-order chi connectivity index (χ0) is 18.1. The molecular weight excluding hydrogens is 332 g/mol. The van der Waals surface area contributed by atoms with E-state index in [1.54, 1.807) is 6.20 Å². The number of benzene rings is 1. The smallest absolute Gasteiger partial charge is 0.316 e. The summed E-state index contributed by atoms with van der Waals surface area (Å²) in [5.41, 5.74) is 1.19. The van der Waals surface area contributed by atoms with Crippen LogP contribution in [0.2, 0.25) is 0 Å². The van der Waals surface area contributed by atoms with Crippen molar-refractivity contribution in [1.82, 2.24) is 14.8 Å². The Morgan fingerprint density at radius 1 is 1.19 bits per heavy atom. The minimum Gasteiger partial charge on any atom is -0.486 e. The van der Waals surface area contributed by atoms with Crippen LogP contribution in [-0.4, -0.2) is 52.8 Å². The molecule has 26 heavy (non-hydrogen) atoms. The second-order valence-electron chi connectivity index (χ2n) is 7.14. The van der Waals surface area contributed by atoms with Gasteiger partial charge < -0.3 is 14.8 Å². The number of hydrogen-bond donors (Lipinski definition) is 1. The first-order chi connectivity index (χ1) is 12.6. The maximum absolute atomic E-state index is 13.1. The van der Waals surface area contributed by atoms with Gasteiger partial charge in [-0.1, -0.05) is 25.1 Å². The van der Waals surface area contributed by atoms with Gasteiger partial charge in [0.25, 0.3) is 0 Å². The summed E-state index contributed by atoms with van der Waals surface area (Å²) < 4.78 is 7.40. The molecule has 2 heterocycles. The van der Waals surface area contributed by atoms with Crippen molar-refractivity contribution in [2.24, 2.45) is 11.8 Å². The third-order valence-corrected chi connectivity index (χ3v) is 5.23. The highest BCUT2D eigenvalue weighted by molar-refractivity contribution is 5.57. The average molecular weight is 356 g/mol. The number of aromatic nitrogens is 2. The third kappa shape index (κ3) is 3.45. The highest BCUT2D eigenvalue weighted by atomic mass is 16.5. The van der Waals surface area contributed by atoms with Gasteiger partial charge in [0.1, 0.15) is 5.69 Å². The van der Waals surface area contributed by atoms with Gasteiger partial charge in [-0.25, -0.2) is 0 Å². The predicted octanol–water partition coefficient (Wildman–Crippen LogP) is 1.78. The maximum atomic E-state index is 13.1. The lowest BCUT2D eigenvalue weighted by atomic mass is 10.3. The number of ether oxygens (including phenoxy) is 1. The normalized spacial score (nSPS) is 23.1. The fourth-order valence-electron chi connectivity index (χ4n) is 3.30. The Balaban J connectivity index is 1.68. The van der Waals surface area contributed by atoms with Crippen molar-refractivity contribution < 1.29 is 9.94 Å². The van der Waals surface area contributed by atoms with Crippen LogP contribution in [0.5, 0.6) is 5.75 Å². The molecule has 0 amide bonds. The van der Waals surface area contributed by atoms with E-state index in [0.717, 1.165) is 6.42 Å². The van der Waals surface area contributed by atoms with Crippen molar-refractivity contribution in [2.45, 2.75) is 13.3 Å². The van der Waals surface area contributed by atoms with Crippen LogP contribution in [0.25, 0.3) is 5.69 Å². The van der Waals surface area contributed by atoms with Crippen LogP contribution in [0.4, 0.5) is 5.69 Å². The first-order valence-electron chi connectivity index (χ1n) is 9.13. The molecule has 1 aliphatic carbocycles. The Morgan fingerprint density at radius 3 is 2.54 bits per heavy atom. The van der Waals surface area contributed by atoms with E-state index in [9.17, 15) is 10.0 Å². The number of piperazine rings is 1. The van der Waals surface area contributed by atoms with E-state index < -0.39 is 0 Å². The van der Waals surface area contributed by atoms with Gasteiger partial charge in [0.2, 0.25) is 5.75 Å². The fourth-order valence-corrected chi connectivity index (χ4v) is 3.30. The van der Waals surface area contributed by atoms with E-state index in [1.165, 1.54) is 9.75 Å². The molecule has 2 unspecified atom stereocenters. The van der Waals surface area contributed by atoms with Crippen molar-refractivity contribution >= 4 is 5.69 Å². The summed E-state index contributed by atoms with van der Waals surface area (Å²) in [6.07, 6.45) is 2.85. The van der Waals surface area contributed by atoms with E-state index in [1.807, 2.05) is 30.3 Å². The molecule has 2 atom stereocenters. The molecule has 1 saturated heterocycles. The summed E-state index contributed by atoms with van der Waals surface area (Å²) >= 11 is 0. The number of rotatable bonds is 5.